The van der Waals surface area contributed by atoms with Crippen LogP contribution in [-0.2, 0) is 6.54 Å². The second-order valence-electron chi connectivity index (χ2n) is 7.99. The van der Waals surface area contributed by atoms with E-state index in [-0.39, 0.29) is 24.1 Å². The summed E-state index contributed by atoms with van der Waals surface area (Å²) in [7, 11) is 0. The van der Waals surface area contributed by atoms with E-state index in [1.165, 1.54) is 6.07 Å². The minimum absolute atomic E-state index is 0.0727. The predicted molar refractivity (Wildman–Crippen MR) is 124 cm³/mol. The Hall–Kier alpha value is -3.54. The zero-order valence-corrected chi connectivity index (χ0v) is 18.9. The van der Waals surface area contributed by atoms with Crippen LogP contribution in [0.4, 0.5) is 20.5 Å². The normalized spacial score (nSPS) is 14.1. The molecular formula is C22H28F2N8O2. The topological polar surface area (TPSA) is 123 Å². The molecule has 1 fully saturated rings. The average molecular weight is 475 g/mol. The molecule has 0 spiro atoms. The van der Waals surface area contributed by atoms with Crippen LogP contribution in [0, 0.1) is 0 Å². The van der Waals surface area contributed by atoms with Crippen molar-refractivity contribution < 1.29 is 18.3 Å². The van der Waals surface area contributed by atoms with Crippen molar-refractivity contribution in [3.05, 3.63) is 35.5 Å². The van der Waals surface area contributed by atoms with Crippen molar-refractivity contribution in [2.45, 2.75) is 32.9 Å². The molecule has 1 saturated heterocycles. The Kier molecular flexibility index (Phi) is 7.36. The quantitative estimate of drug-likeness (QED) is 0.404. The van der Waals surface area contributed by atoms with E-state index >= 15 is 0 Å². The number of carbonyl (C=O) groups is 1. The molecule has 10 nitrogen and oxygen atoms in total. The van der Waals surface area contributed by atoms with Crippen LogP contribution in [0.5, 0.6) is 5.75 Å². The van der Waals surface area contributed by atoms with E-state index in [0.717, 1.165) is 12.8 Å². The van der Waals surface area contributed by atoms with Crippen molar-refractivity contribution in [1.82, 2.24) is 30.0 Å². The van der Waals surface area contributed by atoms with Crippen LogP contribution in [0.25, 0.3) is 11.0 Å². The maximum Gasteiger partial charge on any atom is 0.387 e. The number of hydrogen-bond donors (Lipinski definition) is 3. The Morgan fingerprint density at radius 1 is 1.29 bits per heavy atom. The molecule has 0 radical (unpaired) electrons. The lowest BCUT2D eigenvalue weighted by Crippen LogP contribution is -2.46. The van der Waals surface area contributed by atoms with Crippen molar-refractivity contribution in [2.24, 2.45) is 0 Å². The molecule has 1 amide bonds. The van der Waals surface area contributed by atoms with Crippen LogP contribution in [-0.4, -0.2) is 69.9 Å². The van der Waals surface area contributed by atoms with Crippen LogP contribution in [0.3, 0.4) is 0 Å². The molecule has 3 heterocycles. The minimum atomic E-state index is -3.04. The molecule has 2 aromatic heterocycles. The van der Waals surface area contributed by atoms with Crippen molar-refractivity contribution in [2.75, 3.05) is 43.8 Å². The Labute approximate surface area is 195 Å². The van der Waals surface area contributed by atoms with Gasteiger partial charge in [-0.3, -0.25) is 9.48 Å². The van der Waals surface area contributed by atoms with Crippen LogP contribution in [0.15, 0.2) is 24.4 Å². The van der Waals surface area contributed by atoms with Gasteiger partial charge >= 0.3 is 6.61 Å². The molecule has 4 rings (SSSR count). The van der Waals surface area contributed by atoms with Crippen LogP contribution in [0.1, 0.15) is 35.7 Å². The number of nitrogens with one attached hydrogen (secondary N) is 2. The van der Waals surface area contributed by atoms with Gasteiger partial charge in [0.1, 0.15) is 16.8 Å². The first-order valence-electron chi connectivity index (χ1n) is 11.3. The molecule has 1 aromatic carbocycles. The number of nitrogens with two attached hydrogens (primary N) is 1. The van der Waals surface area contributed by atoms with E-state index in [4.69, 9.17) is 10.5 Å². The van der Waals surface area contributed by atoms with E-state index < -0.39 is 6.61 Å². The Morgan fingerprint density at radius 2 is 2.09 bits per heavy atom. The zero-order valence-electron chi connectivity index (χ0n) is 18.9. The molecule has 0 saturated carbocycles. The highest BCUT2D eigenvalue weighted by Gasteiger charge is 2.21. The van der Waals surface area contributed by atoms with Gasteiger partial charge in [0, 0.05) is 43.9 Å². The Balaban J connectivity index is 1.65. The van der Waals surface area contributed by atoms with Gasteiger partial charge in [0.25, 0.3) is 5.91 Å². The number of unbranched alkanes of at least 4 members (excludes halogenated alkanes) is 1. The van der Waals surface area contributed by atoms with Gasteiger partial charge < -0.3 is 26.0 Å². The van der Waals surface area contributed by atoms with Crippen LogP contribution >= 0.6 is 0 Å². The fourth-order valence-corrected chi connectivity index (χ4v) is 3.88. The number of nitrogen functional groups attached to an aromatic ring is 1. The minimum Gasteiger partial charge on any atom is -0.434 e. The summed E-state index contributed by atoms with van der Waals surface area (Å²) in [4.78, 5) is 23.1. The van der Waals surface area contributed by atoms with Crippen molar-refractivity contribution in [3.63, 3.8) is 0 Å². The molecule has 3 aromatic rings. The highest BCUT2D eigenvalue weighted by molar-refractivity contribution is 5.95. The lowest BCUT2D eigenvalue weighted by Gasteiger charge is -2.27. The number of hydrogen-bond acceptors (Lipinski definition) is 8. The summed E-state index contributed by atoms with van der Waals surface area (Å²) < 4.78 is 32.8. The van der Waals surface area contributed by atoms with Gasteiger partial charge in [-0.2, -0.15) is 18.9 Å². The predicted octanol–water partition coefficient (Wildman–Crippen LogP) is 2.32. The van der Waals surface area contributed by atoms with E-state index in [1.54, 1.807) is 27.9 Å². The van der Waals surface area contributed by atoms with Gasteiger partial charge in [0.05, 0.1) is 12.7 Å². The summed E-state index contributed by atoms with van der Waals surface area (Å²) >= 11 is 0. The third-order valence-electron chi connectivity index (χ3n) is 5.58. The molecule has 0 unspecified atom stereocenters. The second kappa shape index (κ2) is 10.6. The summed E-state index contributed by atoms with van der Waals surface area (Å²) in [5.74, 6) is 0.346. The second-order valence-corrected chi connectivity index (χ2v) is 7.99. The van der Waals surface area contributed by atoms with Gasteiger partial charge in [-0.15, -0.1) is 0 Å². The number of amides is 1. The molecule has 0 aliphatic carbocycles. The lowest BCUT2D eigenvalue weighted by atomic mass is 10.1. The third-order valence-corrected chi connectivity index (χ3v) is 5.58. The molecular weight excluding hydrogens is 446 g/mol. The van der Waals surface area contributed by atoms with Crippen molar-refractivity contribution in [3.8, 4) is 5.75 Å². The molecule has 34 heavy (non-hydrogen) atoms. The summed E-state index contributed by atoms with van der Waals surface area (Å²) in [6.45, 7) is 2.35. The molecule has 182 valence electrons. The van der Waals surface area contributed by atoms with E-state index in [9.17, 15) is 13.6 Å². The maximum absolute atomic E-state index is 13.2. The van der Waals surface area contributed by atoms with Crippen LogP contribution in [0.2, 0.25) is 0 Å². The summed E-state index contributed by atoms with van der Waals surface area (Å²) in [6.07, 6.45) is 3.49. The van der Waals surface area contributed by atoms with Gasteiger partial charge in [0.2, 0.25) is 5.95 Å². The van der Waals surface area contributed by atoms with Crippen LogP contribution < -0.4 is 21.1 Å². The monoisotopic (exact) mass is 474 g/mol. The fourth-order valence-electron chi connectivity index (χ4n) is 3.88. The van der Waals surface area contributed by atoms with E-state index in [2.05, 4.69) is 32.6 Å². The first-order chi connectivity index (χ1) is 16.5. The number of aromatic nitrogens is 4. The van der Waals surface area contributed by atoms with E-state index in [0.29, 0.717) is 60.7 Å². The molecule has 12 heteroatoms. The molecule has 1 aliphatic rings. The molecule has 4 N–H and O–H groups in total. The average Bonchev–Trinajstić information content (AvgIpc) is 3.22. The van der Waals surface area contributed by atoms with Gasteiger partial charge in [-0.05, 0) is 18.6 Å². The maximum atomic E-state index is 13.2. The van der Waals surface area contributed by atoms with Crippen molar-refractivity contribution >= 4 is 28.7 Å². The standard InChI is InChI=1S/C22H28F2N8O2/c1-2-3-6-27-19-18-16(29-22(25)30-19)12-28-32(18)13-15-5-4-14(11-17(15)34-21(23)24)20(33)31-9-7-26-8-10-31/h4-5,11-12,21,26H,2-3,6-10,13H2,1H3,(H3,25,27,29,30). The van der Waals surface area contributed by atoms with Gasteiger partial charge in [0.15, 0.2) is 5.82 Å². The number of halogens is 2. The van der Waals surface area contributed by atoms with Gasteiger partial charge in [-0.1, -0.05) is 19.4 Å². The largest absolute Gasteiger partial charge is 0.434 e. The fraction of sp³-hybridized carbons (Fsp3) is 0.455. The number of ether oxygens (including phenoxy) is 1. The highest BCUT2D eigenvalue weighted by atomic mass is 19.3. The summed E-state index contributed by atoms with van der Waals surface area (Å²) in [5, 5.41) is 10.8. The SMILES string of the molecule is CCCCNc1nc(N)nc2cnn(Cc3ccc(C(=O)N4CCNCC4)cc3OC(F)F)c12. The molecule has 0 bridgehead atoms. The highest BCUT2D eigenvalue weighted by Crippen LogP contribution is 2.27. The molecule has 1 aliphatic heterocycles. The number of anilines is 2. The Bertz CT molecular complexity index is 1150. The number of fused-ring (bicyclic) bond motifs is 1. The number of nitrogens with zero attached hydrogens (tertiary/aromatic N) is 5. The number of carbonyl (C=O) groups excluding carboxylic acids is 1. The smallest absolute Gasteiger partial charge is 0.387 e. The van der Waals surface area contributed by atoms with Crippen molar-refractivity contribution in [1.29, 1.82) is 0 Å². The number of alkyl halides is 2. The van der Waals surface area contributed by atoms with Gasteiger partial charge in [-0.25, -0.2) is 4.98 Å². The number of rotatable bonds is 9. The number of piperazine rings is 1. The lowest BCUT2D eigenvalue weighted by molar-refractivity contribution is -0.0505. The Morgan fingerprint density at radius 3 is 2.82 bits per heavy atom. The summed E-state index contributed by atoms with van der Waals surface area (Å²) in [5.41, 5.74) is 7.71. The molecule has 0 atom stereocenters. The summed E-state index contributed by atoms with van der Waals surface area (Å²) in [6, 6.07) is 4.61. The zero-order chi connectivity index (χ0) is 24.1. The first kappa shape index (κ1) is 23.6. The van der Waals surface area contributed by atoms with E-state index in [1.807, 2.05) is 0 Å². The number of benzene rings is 1. The third kappa shape index (κ3) is 5.33. The first-order valence-corrected chi connectivity index (χ1v) is 11.3.